The van der Waals surface area contributed by atoms with Crippen LogP contribution in [0, 0.1) is 56.2 Å². The highest BCUT2D eigenvalue weighted by Gasteiger charge is 2.73. The molecule has 5 aliphatic carbocycles. The van der Waals surface area contributed by atoms with Gasteiger partial charge in [0.1, 0.15) is 0 Å². The van der Waals surface area contributed by atoms with Gasteiger partial charge in [-0.2, -0.15) is 0 Å². The third-order valence-electron chi connectivity index (χ3n) is 14.2. The second kappa shape index (κ2) is 7.39. The standard InChI is InChI=1S/C32H51NO3/c1-19(34)33-21-17-29(6)22(28(4,5)25(21)35)11-12-31(8)23(29)10-9-20-24-26-27(2,3)13-15-32(24,18-36-26)16-14-30(20,31)7/h20-24,26H,9-18H2,1-8H3,(H,33,34)/t20-,21?,22+,23-,24+,26-,29+,30-,31-,32-/m1/s1. The van der Waals surface area contributed by atoms with E-state index >= 15 is 0 Å². The monoisotopic (exact) mass is 497 g/mol. The van der Waals surface area contributed by atoms with Gasteiger partial charge in [0.15, 0.2) is 5.78 Å². The van der Waals surface area contributed by atoms with Gasteiger partial charge in [-0.05, 0) is 109 Å². The lowest BCUT2D eigenvalue weighted by molar-refractivity contribution is -0.241. The van der Waals surface area contributed by atoms with Gasteiger partial charge in [0.2, 0.25) is 5.91 Å². The SMILES string of the molecule is CC(=O)NC1C[C@]2(C)[C@H]3CC[C@@H]4[C@H]5[C@H]6OC[C@@]5(CCC6(C)C)CC[C@@]4(C)[C@]3(C)CC[C@H]2C(C)(C)C1=O. The van der Waals surface area contributed by atoms with Crippen LogP contribution in [0.15, 0.2) is 0 Å². The molecule has 6 aliphatic rings. The van der Waals surface area contributed by atoms with Gasteiger partial charge in [0, 0.05) is 12.3 Å². The quantitative estimate of drug-likeness (QED) is 0.446. The van der Waals surface area contributed by atoms with Gasteiger partial charge in [-0.1, -0.05) is 48.5 Å². The fourth-order valence-corrected chi connectivity index (χ4v) is 12.3. The number of rotatable bonds is 1. The van der Waals surface area contributed by atoms with Gasteiger partial charge >= 0.3 is 0 Å². The molecule has 1 amide bonds. The number of fused-ring (bicyclic) bond motifs is 5. The minimum Gasteiger partial charge on any atom is -0.377 e. The Balaban J connectivity index is 1.39. The van der Waals surface area contributed by atoms with Crippen LogP contribution in [0.1, 0.15) is 113 Å². The van der Waals surface area contributed by atoms with Crippen molar-refractivity contribution in [1.29, 1.82) is 0 Å². The molecule has 5 saturated carbocycles. The van der Waals surface area contributed by atoms with Crippen LogP contribution in [0.5, 0.6) is 0 Å². The number of Topliss-reactive ketones (excluding diaryl/α,β-unsaturated/α-hetero) is 1. The molecule has 36 heavy (non-hydrogen) atoms. The maximum absolute atomic E-state index is 13.6. The number of nitrogens with one attached hydrogen (secondary N) is 1. The van der Waals surface area contributed by atoms with Gasteiger partial charge in [-0.15, -0.1) is 0 Å². The molecule has 0 aromatic rings. The zero-order chi connectivity index (χ0) is 26.1. The van der Waals surface area contributed by atoms with Crippen molar-refractivity contribution in [2.24, 2.45) is 56.2 Å². The fourth-order valence-electron chi connectivity index (χ4n) is 12.3. The van der Waals surface area contributed by atoms with E-state index < -0.39 is 5.41 Å². The minimum atomic E-state index is -0.393. The molecule has 1 unspecified atom stereocenters. The first kappa shape index (κ1) is 25.4. The first-order valence-electron chi connectivity index (χ1n) is 15.1. The Hall–Kier alpha value is -0.900. The van der Waals surface area contributed by atoms with Crippen molar-refractivity contribution in [2.45, 2.75) is 125 Å². The van der Waals surface area contributed by atoms with Gasteiger partial charge in [0.05, 0.1) is 18.8 Å². The van der Waals surface area contributed by atoms with E-state index in [-0.39, 0.29) is 34.0 Å². The van der Waals surface area contributed by atoms with E-state index in [9.17, 15) is 9.59 Å². The molecule has 1 aliphatic heterocycles. The Morgan fingerprint density at radius 1 is 0.861 bits per heavy atom. The average molecular weight is 498 g/mol. The van der Waals surface area contributed by atoms with Gasteiger partial charge < -0.3 is 10.1 Å². The smallest absolute Gasteiger partial charge is 0.217 e. The lowest BCUT2D eigenvalue weighted by Gasteiger charge is -2.73. The Kier molecular flexibility index (Phi) is 5.21. The molecule has 4 heteroatoms. The normalized spacial score (nSPS) is 54.5. The molecule has 1 N–H and O–H groups in total. The predicted octanol–water partition coefficient (Wildman–Crippen LogP) is 6.56. The van der Waals surface area contributed by atoms with Crippen molar-refractivity contribution in [3.8, 4) is 0 Å². The highest BCUT2D eigenvalue weighted by molar-refractivity contribution is 5.93. The summed E-state index contributed by atoms with van der Waals surface area (Å²) >= 11 is 0. The molecule has 2 bridgehead atoms. The molecule has 0 aromatic heterocycles. The van der Waals surface area contributed by atoms with Crippen LogP contribution >= 0.6 is 0 Å². The Labute approximate surface area is 219 Å². The lowest BCUT2D eigenvalue weighted by atomic mass is 9.31. The van der Waals surface area contributed by atoms with Crippen molar-refractivity contribution in [1.82, 2.24) is 5.32 Å². The van der Waals surface area contributed by atoms with Crippen LogP contribution in [-0.4, -0.2) is 30.4 Å². The average Bonchev–Trinajstić information content (AvgIpc) is 3.11. The third-order valence-corrected chi connectivity index (χ3v) is 14.2. The molecule has 0 spiro atoms. The number of ketones is 1. The maximum Gasteiger partial charge on any atom is 0.217 e. The summed E-state index contributed by atoms with van der Waals surface area (Å²) in [6.45, 7) is 19.6. The minimum absolute atomic E-state index is 0.0714. The van der Waals surface area contributed by atoms with Crippen molar-refractivity contribution in [3.63, 3.8) is 0 Å². The van der Waals surface area contributed by atoms with Gasteiger partial charge in [-0.3, -0.25) is 9.59 Å². The predicted molar refractivity (Wildman–Crippen MR) is 142 cm³/mol. The number of amides is 1. The van der Waals surface area contributed by atoms with E-state index in [1.807, 2.05) is 0 Å². The summed E-state index contributed by atoms with van der Waals surface area (Å²) in [6, 6.07) is -0.343. The molecule has 1 heterocycles. The number of hydrogen-bond acceptors (Lipinski definition) is 3. The van der Waals surface area contributed by atoms with E-state index in [2.05, 4.69) is 53.8 Å². The molecule has 6 fully saturated rings. The summed E-state index contributed by atoms with van der Waals surface area (Å²) < 4.78 is 6.71. The first-order chi connectivity index (χ1) is 16.6. The largest absolute Gasteiger partial charge is 0.377 e. The summed E-state index contributed by atoms with van der Waals surface area (Å²) in [6.07, 6.45) is 11.5. The molecule has 0 radical (unpaired) electrons. The lowest BCUT2D eigenvalue weighted by Crippen LogP contribution is -2.69. The molecule has 10 atom stereocenters. The van der Waals surface area contributed by atoms with Crippen molar-refractivity contribution in [3.05, 3.63) is 0 Å². The second-order valence-corrected chi connectivity index (χ2v) is 16.3. The van der Waals surface area contributed by atoms with Gasteiger partial charge in [0.25, 0.3) is 0 Å². The molecule has 4 nitrogen and oxygen atoms in total. The molecule has 0 aromatic carbocycles. The third kappa shape index (κ3) is 2.92. The first-order valence-corrected chi connectivity index (χ1v) is 15.1. The van der Waals surface area contributed by atoms with E-state index in [1.165, 1.54) is 44.9 Å². The van der Waals surface area contributed by atoms with Crippen molar-refractivity contribution in [2.75, 3.05) is 6.61 Å². The molecule has 6 rings (SSSR count). The van der Waals surface area contributed by atoms with Crippen LogP contribution in [0.4, 0.5) is 0 Å². The number of carbonyl (C=O) groups excluding carboxylic acids is 2. The maximum atomic E-state index is 13.6. The van der Waals surface area contributed by atoms with E-state index in [0.29, 0.717) is 34.7 Å². The molecular weight excluding hydrogens is 446 g/mol. The van der Waals surface area contributed by atoms with Crippen molar-refractivity contribution < 1.29 is 14.3 Å². The molecular formula is C32H51NO3. The van der Waals surface area contributed by atoms with Crippen LogP contribution < -0.4 is 5.32 Å². The van der Waals surface area contributed by atoms with Crippen LogP contribution in [0.3, 0.4) is 0 Å². The van der Waals surface area contributed by atoms with Crippen molar-refractivity contribution >= 4 is 11.7 Å². The highest BCUT2D eigenvalue weighted by atomic mass is 16.5. The topological polar surface area (TPSA) is 55.4 Å². The van der Waals surface area contributed by atoms with Gasteiger partial charge in [-0.25, -0.2) is 0 Å². The second-order valence-electron chi connectivity index (χ2n) is 16.3. The number of carbonyl (C=O) groups is 2. The van der Waals surface area contributed by atoms with Crippen LogP contribution in [-0.2, 0) is 14.3 Å². The van der Waals surface area contributed by atoms with Crippen LogP contribution in [0.25, 0.3) is 0 Å². The van der Waals surface area contributed by atoms with Crippen LogP contribution in [0.2, 0.25) is 0 Å². The molecule has 202 valence electrons. The Morgan fingerprint density at radius 2 is 1.56 bits per heavy atom. The van der Waals surface area contributed by atoms with E-state index in [1.54, 1.807) is 6.92 Å². The number of hydrogen-bond donors (Lipinski definition) is 1. The number of ether oxygens (including phenoxy) is 1. The summed E-state index contributed by atoms with van der Waals surface area (Å²) in [5.74, 6) is 2.61. The summed E-state index contributed by atoms with van der Waals surface area (Å²) in [7, 11) is 0. The zero-order valence-electron chi connectivity index (χ0n) is 24.3. The Bertz CT molecular complexity index is 986. The fraction of sp³-hybridized carbons (Fsp3) is 0.938. The molecule has 1 saturated heterocycles. The summed E-state index contributed by atoms with van der Waals surface area (Å²) in [4.78, 5) is 25.7. The van der Waals surface area contributed by atoms with E-state index in [4.69, 9.17) is 4.74 Å². The summed E-state index contributed by atoms with van der Waals surface area (Å²) in [5, 5.41) is 3.08. The summed E-state index contributed by atoms with van der Waals surface area (Å²) in [5.41, 5.74) is 0.958. The Morgan fingerprint density at radius 3 is 2.25 bits per heavy atom. The van der Waals surface area contributed by atoms with E-state index in [0.717, 1.165) is 25.4 Å². The highest BCUT2D eigenvalue weighted by Crippen LogP contribution is 2.77. The zero-order valence-corrected chi connectivity index (χ0v) is 24.3.